The minimum Gasteiger partial charge on any atom is -0.273 e. The van der Waals surface area contributed by atoms with Crippen molar-refractivity contribution < 1.29 is 14.4 Å². The van der Waals surface area contributed by atoms with Crippen LogP contribution in [0.5, 0.6) is 0 Å². The minimum absolute atomic E-state index is 0.195. The highest BCUT2D eigenvalue weighted by Gasteiger charge is 2.61. The molecule has 180 valence electrons. The molecule has 7 nitrogen and oxygen atoms in total. The Kier molecular flexibility index (Phi) is 5.52. The van der Waals surface area contributed by atoms with Crippen LogP contribution in [-0.4, -0.2) is 22.5 Å². The van der Waals surface area contributed by atoms with E-state index in [4.69, 9.17) is 16.4 Å². The molecule has 3 atom stereocenters. The Morgan fingerprint density at radius 1 is 0.778 bits per heavy atom. The SMILES string of the molecule is Cc1ccc(N2C(=O)[C@H]3[C@@H](c4sc(=O)n(-c5ccccc5)c4Cl)N(c4ccccc4)O[C@H]3C2=O)cc1. The predicted octanol–water partition coefficient (Wildman–Crippen LogP) is 4.91. The molecule has 4 aromatic rings. The molecule has 3 heterocycles. The summed E-state index contributed by atoms with van der Waals surface area (Å²) in [6.45, 7) is 1.93. The van der Waals surface area contributed by atoms with Crippen LogP contribution in [0.3, 0.4) is 0 Å². The molecule has 1 aromatic heterocycles. The molecular formula is C27H20ClN3O4S. The largest absolute Gasteiger partial charge is 0.313 e. The van der Waals surface area contributed by atoms with Crippen LogP contribution in [-0.2, 0) is 14.4 Å². The first-order valence-corrected chi connectivity index (χ1v) is 12.6. The van der Waals surface area contributed by atoms with Crippen molar-refractivity contribution in [2.24, 2.45) is 5.92 Å². The summed E-state index contributed by atoms with van der Waals surface area (Å²) in [5, 5.41) is 1.74. The number of carbonyl (C=O) groups is 2. The van der Waals surface area contributed by atoms with Gasteiger partial charge in [0, 0.05) is 0 Å². The van der Waals surface area contributed by atoms with Crippen molar-refractivity contribution >= 4 is 46.1 Å². The second-order valence-corrected chi connectivity index (χ2v) is 10.1. The van der Waals surface area contributed by atoms with Crippen LogP contribution < -0.4 is 14.8 Å². The maximum absolute atomic E-state index is 13.8. The van der Waals surface area contributed by atoms with E-state index < -0.39 is 24.0 Å². The summed E-state index contributed by atoms with van der Waals surface area (Å²) in [7, 11) is 0. The average Bonchev–Trinajstić information content (AvgIpc) is 3.50. The molecule has 0 unspecified atom stereocenters. The van der Waals surface area contributed by atoms with Crippen LogP contribution in [0.4, 0.5) is 11.4 Å². The Hall–Kier alpha value is -3.72. The standard InChI is InChI=1S/C27H20ClN3O4S/c1-16-12-14-18(15-13-16)30-25(32)20-21(31(35-22(20)26(30)33)19-10-6-3-7-11-19)23-24(28)29(27(34)36-23)17-8-4-2-5-9-17/h2-15,20-22H,1H3/t20-,21-,22+/m0/s1. The third kappa shape index (κ3) is 3.49. The number of para-hydroxylation sites is 2. The van der Waals surface area contributed by atoms with Gasteiger partial charge in [0.1, 0.15) is 17.1 Å². The van der Waals surface area contributed by atoms with E-state index in [-0.39, 0.29) is 15.9 Å². The van der Waals surface area contributed by atoms with E-state index in [2.05, 4.69) is 0 Å². The number of anilines is 2. The highest BCUT2D eigenvalue weighted by Crippen LogP contribution is 2.50. The molecule has 0 N–H and O–H groups in total. The lowest BCUT2D eigenvalue weighted by Crippen LogP contribution is -2.37. The first kappa shape index (κ1) is 22.7. The molecule has 0 bridgehead atoms. The summed E-state index contributed by atoms with van der Waals surface area (Å²) in [5.74, 6) is -1.71. The average molecular weight is 518 g/mol. The Morgan fingerprint density at radius 2 is 1.39 bits per heavy atom. The number of hydrogen-bond donors (Lipinski definition) is 0. The molecule has 0 saturated carbocycles. The highest BCUT2D eigenvalue weighted by atomic mass is 35.5. The van der Waals surface area contributed by atoms with Crippen molar-refractivity contribution in [3.8, 4) is 5.69 Å². The minimum atomic E-state index is -1.04. The number of hydrogen-bond acceptors (Lipinski definition) is 6. The topological polar surface area (TPSA) is 71.8 Å². The van der Waals surface area contributed by atoms with Crippen LogP contribution in [0.2, 0.25) is 5.15 Å². The van der Waals surface area contributed by atoms with E-state index in [0.29, 0.717) is 21.9 Å². The van der Waals surface area contributed by atoms with Gasteiger partial charge >= 0.3 is 4.87 Å². The normalized spacial score (nSPS) is 21.3. The number of halogens is 1. The van der Waals surface area contributed by atoms with E-state index in [1.807, 2.05) is 67.6 Å². The second kappa shape index (κ2) is 8.74. The summed E-state index contributed by atoms with van der Waals surface area (Å²) in [5.41, 5.74) is 2.77. The number of imide groups is 1. The van der Waals surface area contributed by atoms with Gasteiger partial charge in [-0.25, -0.2) is 9.96 Å². The zero-order valence-corrected chi connectivity index (χ0v) is 20.6. The first-order chi connectivity index (χ1) is 17.5. The molecule has 0 aliphatic carbocycles. The fraction of sp³-hybridized carbons (Fsp3) is 0.148. The van der Waals surface area contributed by atoms with Crippen molar-refractivity contribution in [3.05, 3.63) is 110 Å². The van der Waals surface area contributed by atoms with Gasteiger partial charge in [-0.15, -0.1) is 0 Å². The molecular weight excluding hydrogens is 498 g/mol. The summed E-state index contributed by atoms with van der Waals surface area (Å²) >= 11 is 7.78. The van der Waals surface area contributed by atoms with Gasteiger partial charge in [0.25, 0.3) is 5.91 Å². The van der Waals surface area contributed by atoms with E-state index in [1.54, 1.807) is 29.3 Å². The number of aromatic nitrogens is 1. The number of aryl methyl sites for hydroxylation is 1. The Morgan fingerprint density at radius 3 is 2.03 bits per heavy atom. The molecule has 2 amide bonds. The fourth-order valence-corrected chi connectivity index (χ4v) is 6.24. The lowest BCUT2D eigenvalue weighted by molar-refractivity contribution is -0.126. The lowest BCUT2D eigenvalue weighted by atomic mass is 9.95. The number of carbonyl (C=O) groups excluding carboxylic acids is 2. The lowest BCUT2D eigenvalue weighted by Gasteiger charge is -2.28. The molecule has 9 heteroatoms. The number of amides is 2. The smallest absolute Gasteiger partial charge is 0.273 e. The Bertz CT molecular complexity index is 1520. The maximum Gasteiger partial charge on any atom is 0.313 e. The predicted molar refractivity (Wildman–Crippen MR) is 139 cm³/mol. The number of hydroxylamine groups is 1. The van der Waals surface area contributed by atoms with Crippen LogP contribution in [0.25, 0.3) is 5.69 Å². The molecule has 2 aliphatic heterocycles. The number of thiazole rings is 1. The summed E-state index contributed by atoms with van der Waals surface area (Å²) in [4.78, 5) is 47.9. The molecule has 2 fully saturated rings. The molecule has 3 aromatic carbocycles. The van der Waals surface area contributed by atoms with Gasteiger partial charge < -0.3 is 0 Å². The zero-order valence-electron chi connectivity index (χ0n) is 19.1. The van der Waals surface area contributed by atoms with E-state index >= 15 is 0 Å². The Balaban J connectivity index is 1.48. The fourth-order valence-electron chi connectivity index (χ4n) is 4.78. The van der Waals surface area contributed by atoms with Gasteiger partial charge in [0.15, 0.2) is 6.10 Å². The third-order valence-corrected chi connectivity index (χ3v) is 7.98. The third-order valence-electron chi connectivity index (χ3n) is 6.48. The first-order valence-electron chi connectivity index (χ1n) is 11.4. The highest BCUT2D eigenvalue weighted by molar-refractivity contribution is 7.10. The molecule has 2 saturated heterocycles. The molecule has 0 spiro atoms. The van der Waals surface area contributed by atoms with E-state index in [1.165, 1.54) is 9.47 Å². The monoisotopic (exact) mass is 517 g/mol. The van der Waals surface area contributed by atoms with Gasteiger partial charge in [0.2, 0.25) is 5.91 Å². The van der Waals surface area contributed by atoms with Crippen molar-refractivity contribution in [2.45, 2.75) is 19.1 Å². The summed E-state index contributed by atoms with van der Waals surface area (Å²) < 4.78 is 1.41. The van der Waals surface area contributed by atoms with Crippen molar-refractivity contribution in [3.63, 3.8) is 0 Å². The quantitative estimate of drug-likeness (QED) is 0.360. The number of fused-ring (bicyclic) bond motifs is 1. The van der Waals surface area contributed by atoms with Crippen molar-refractivity contribution in [1.29, 1.82) is 0 Å². The second-order valence-electron chi connectivity index (χ2n) is 8.70. The zero-order chi connectivity index (χ0) is 25.0. The van der Waals surface area contributed by atoms with Crippen LogP contribution in [0.1, 0.15) is 16.5 Å². The van der Waals surface area contributed by atoms with Gasteiger partial charge in [-0.1, -0.05) is 77.0 Å². The summed E-state index contributed by atoms with van der Waals surface area (Å²) in [6.07, 6.45) is -1.04. The van der Waals surface area contributed by atoms with Gasteiger partial charge in [0.05, 0.1) is 21.9 Å². The molecule has 2 aliphatic rings. The van der Waals surface area contributed by atoms with Crippen molar-refractivity contribution in [1.82, 2.24) is 4.57 Å². The van der Waals surface area contributed by atoms with Crippen LogP contribution in [0, 0.1) is 12.8 Å². The van der Waals surface area contributed by atoms with Crippen molar-refractivity contribution in [2.75, 3.05) is 9.96 Å². The van der Waals surface area contributed by atoms with Crippen LogP contribution in [0.15, 0.2) is 89.7 Å². The Labute approximate surface area is 215 Å². The summed E-state index contributed by atoms with van der Waals surface area (Å²) in [6, 6.07) is 24.7. The molecule has 0 radical (unpaired) electrons. The van der Waals surface area contributed by atoms with E-state index in [0.717, 1.165) is 16.9 Å². The molecule has 36 heavy (non-hydrogen) atoms. The number of rotatable bonds is 4. The van der Waals surface area contributed by atoms with Gasteiger partial charge in [-0.2, -0.15) is 0 Å². The number of benzene rings is 3. The number of nitrogens with zero attached hydrogens (tertiary/aromatic N) is 3. The van der Waals surface area contributed by atoms with Gasteiger partial charge in [-0.3, -0.25) is 23.8 Å². The maximum atomic E-state index is 13.8. The van der Waals surface area contributed by atoms with Crippen LogP contribution >= 0.6 is 22.9 Å². The van der Waals surface area contributed by atoms with Gasteiger partial charge in [-0.05, 0) is 43.3 Å². The van der Waals surface area contributed by atoms with E-state index in [9.17, 15) is 14.4 Å². The molecule has 6 rings (SSSR count).